The lowest BCUT2D eigenvalue weighted by atomic mass is 9.84. The summed E-state index contributed by atoms with van der Waals surface area (Å²) in [5, 5.41) is 30.4. The van der Waals surface area contributed by atoms with E-state index in [1.807, 2.05) is 24.3 Å². The first-order valence-corrected chi connectivity index (χ1v) is 12.3. The number of hydrogen-bond donors (Lipinski definition) is 6. The molecule has 3 aromatic rings. The van der Waals surface area contributed by atoms with Crippen molar-refractivity contribution < 1.29 is 19.8 Å². The van der Waals surface area contributed by atoms with Gasteiger partial charge in [-0.2, -0.15) is 11.3 Å². The summed E-state index contributed by atoms with van der Waals surface area (Å²) in [4.78, 5) is 26.1. The molecule has 1 aromatic heterocycles. The molecule has 0 radical (unpaired) electrons. The first-order chi connectivity index (χ1) is 17.7. The van der Waals surface area contributed by atoms with Crippen LogP contribution in [-0.2, 0) is 47.0 Å². The van der Waals surface area contributed by atoms with Crippen molar-refractivity contribution in [1.82, 2.24) is 10.6 Å². The normalized spacial score (nSPS) is 13.2. The number of carbonyl (C=O) groups is 2. The molecule has 0 bridgehead atoms. The minimum atomic E-state index is -2.49. The second kappa shape index (κ2) is 14.7. The van der Waals surface area contributed by atoms with Crippen LogP contribution in [0.15, 0.2) is 59.3 Å². The van der Waals surface area contributed by atoms with Crippen molar-refractivity contribution in [1.29, 1.82) is 0 Å². The van der Waals surface area contributed by atoms with Crippen LogP contribution in [0.25, 0.3) is 0 Å². The summed E-state index contributed by atoms with van der Waals surface area (Å²) >= 11 is 1.03. The molecule has 3 rings (SSSR count). The molecule has 2 amide bonds. The number of nitrogens with one attached hydrogen (secondary N) is 2. The number of thiophene rings is 1. The third-order valence-electron chi connectivity index (χ3n) is 5.94. The minimum Gasteiger partial charge on any atom is -0.366 e. The third kappa shape index (κ3) is 7.39. The third-order valence-corrected chi connectivity index (χ3v) is 6.68. The molecule has 0 aliphatic rings. The van der Waals surface area contributed by atoms with E-state index < -0.39 is 23.0 Å². The van der Waals surface area contributed by atoms with Gasteiger partial charge < -0.3 is 32.3 Å². The molecule has 1 heterocycles. The van der Waals surface area contributed by atoms with Crippen LogP contribution in [0.4, 0.5) is 0 Å². The van der Waals surface area contributed by atoms with Crippen LogP contribution in [0, 0.1) is 24.7 Å². The molecule has 0 spiro atoms. The average Bonchev–Trinajstić information content (AvgIpc) is 3.45. The maximum atomic E-state index is 13.0. The van der Waals surface area contributed by atoms with Gasteiger partial charge in [0.25, 0.3) is 11.8 Å². The van der Waals surface area contributed by atoms with Crippen LogP contribution in [0.1, 0.15) is 33.4 Å². The van der Waals surface area contributed by atoms with E-state index in [0.717, 1.165) is 33.6 Å². The number of carbonyl (C=O) groups excluding carboxylic acids is 2. The highest BCUT2D eigenvalue weighted by Gasteiger charge is 2.46. The molecule has 11 heteroatoms. The van der Waals surface area contributed by atoms with Gasteiger partial charge in [-0.05, 0) is 33.0 Å². The van der Waals surface area contributed by atoms with Gasteiger partial charge in [-0.15, -0.1) is 37.7 Å². The number of rotatable bonds is 10. The fourth-order valence-electron chi connectivity index (χ4n) is 3.60. The molecule has 0 saturated heterocycles. The van der Waals surface area contributed by atoms with Crippen LogP contribution in [0.3, 0.4) is 0 Å². The molecule has 8 nitrogen and oxygen atoms in total. The first kappa shape index (κ1) is 33.6. The molecule has 0 aliphatic carbocycles. The van der Waals surface area contributed by atoms with E-state index in [1.165, 1.54) is 10.8 Å². The Morgan fingerprint density at radius 3 is 1.31 bits per heavy atom. The summed E-state index contributed by atoms with van der Waals surface area (Å²) in [5.41, 5.74) is 9.29. The summed E-state index contributed by atoms with van der Waals surface area (Å²) in [6.45, 7) is 0.930. The van der Waals surface area contributed by atoms with E-state index in [2.05, 4.69) is 22.5 Å². The monoisotopic (exact) mass is 588 g/mol. The fourth-order valence-corrected chi connectivity index (χ4v) is 4.53. The van der Waals surface area contributed by atoms with E-state index in [-0.39, 0.29) is 49.0 Å². The van der Waals surface area contributed by atoms with Gasteiger partial charge in [0.1, 0.15) is 0 Å². The second-order valence-electron chi connectivity index (χ2n) is 8.32. The first-order valence-electron chi connectivity index (χ1n) is 11.3. The van der Waals surface area contributed by atoms with Gasteiger partial charge in [-0.3, -0.25) is 9.59 Å². The summed E-state index contributed by atoms with van der Waals surface area (Å²) < 4.78 is 0. The number of aliphatic hydroxyl groups is 2. The average molecular weight is 590 g/mol. The molecule has 206 valence electrons. The molecule has 0 fully saturated rings. The lowest BCUT2D eigenvalue weighted by Crippen LogP contribution is -2.47. The van der Waals surface area contributed by atoms with Crippen LogP contribution < -0.4 is 22.1 Å². The van der Waals surface area contributed by atoms with Gasteiger partial charge in [0, 0.05) is 37.3 Å². The Hall–Kier alpha value is -3.38. The molecule has 2 atom stereocenters. The maximum Gasteiger partial charge on any atom is 0.269 e. The zero-order valence-corrected chi connectivity index (χ0v) is 23.3. The fraction of sp³-hybridized carbons (Fsp3) is 0.214. The van der Waals surface area contributed by atoms with Crippen LogP contribution in [0.2, 0.25) is 0 Å². The summed E-state index contributed by atoms with van der Waals surface area (Å²) in [6, 6.07) is 14.5. The number of amides is 2. The minimum absolute atomic E-state index is 0. The Morgan fingerprint density at radius 1 is 0.718 bits per heavy atom. The van der Waals surface area contributed by atoms with Gasteiger partial charge in [0.2, 0.25) is 11.2 Å². The predicted octanol–water partition coefficient (Wildman–Crippen LogP) is 1.78. The van der Waals surface area contributed by atoms with E-state index in [0.29, 0.717) is 13.1 Å². The molecule has 39 heavy (non-hydrogen) atoms. The van der Waals surface area contributed by atoms with Gasteiger partial charge in [0.05, 0.1) is 0 Å². The predicted molar refractivity (Wildman–Crippen MR) is 157 cm³/mol. The zero-order valence-electron chi connectivity index (χ0n) is 20.8. The van der Waals surface area contributed by atoms with Crippen molar-refractivity contribution in [2.75, 3.05) is 0 Å². The topological polar surface area (TPSA) is 151 Å². The van der Waals surface area contributed by atoms with E-state index >= 15 is 0 Å². The largest absolute Gasteiger partial charge is 0.366 e. The standard InChI is InChI=1S/C28H28N4O4S.2ClH/c1-3-27(35,25(33)31-15-21-9-5-19(13-29)6-10-21)23-17-37-18-24(23)28(36,4-2)26(34)32-16-22-11-7-20(14-30)8-12-22;;/h1-2,5-12,17-18,35-36H,13-16,29-30H2,(H,31,33)(H,32,34);2*1H. The molecule has 0 saturated carbocycles. The van der Waals surface area contributed by atoms with Gasteiger partial charge in [0.15, 0.2) is 0 Å². The van der Waals surface area contributed by atoms with E-state index in [4.69, 9.17) is 24.3 Å². The SMILES string of the molecule is C#CC(O)(C(=O)NCc1ccc(CN)cc1)c1cscc1C(O)(C#C)C(=O)NCc1ccc(CN)cc1.Cl.Cl. The van der Waals surface area contributed by atoms with Crippen molar-refractivity contribution in [2.24, 2.45) is 11.5 Å². The Balaban J connectivity index is 0.00000380. The lowest BCUT2D eigenvalue weighted by Gasteiger charge is -2.27. The number of terminal acetylenes is 2. The van der Waals surface area contributed by atoms with E-state index in [1.54, 1.807) is 24.3 Å². The highest BCUT2D eigenvalue weighted by atomic mass is 35.5. The van der Waals surface area contributed by atoms with Crippen LogP contribution in [-0.4, -0.2) is 22.0 Å². The number of benzene rings is 2. The molecule has 2 unspecified atom stereocenters. The van der Waals surface area contributed by atoms with Gasteiger partial charge in [-0.1, -0.05) is 60.4 Å². The van der Waals surface area contributed by atoms with Gasteiger partial charge in [-0.25, -0.2) is 0 Å². The Morgan fingerprint density at radius 2 is 1.03 bits per heavy atom. The highest BCUT2D eigenvalue weighted by molar-refractivity contribution is 7.08. The van der Waals surface area contributed by atoms with Crippen LogP contribution in [0.5, 0.6) is 0 Å². The Labute approximate surface area is 244 Å². The van der Waals surface area contributed by atoms with E-state index in [9.17, 15) is 19.8 Å². The van der Waals surface area contributed by atoms with Crippen molar-refractivity contribution in [2.45, 2.75) is 37.4 Å². The smallest absolute Gasteiger partial charge is 0.269 e. The number of hydrogen-bond acceptors (Lipinski definition) is 7. The van der Waals surface area contributed by atoms with Crippen molar-refractivity contribution in [3.05, 3.63) is 92.7 Å². The maximum absolute atomic E-state index is 13.0. The van der Waals surface area contributed by atoms with Crippen molar-refractivity contribution >= 4 is 48.0 Å². The zero-order chi connectivity index (χ0) is 27.1. The van der Waals surface area contributed by atoms with Gasteiger partial charge >= 0.3 is 0 Å². The van der Waals surface area contributed by atoms with Crippen molar-refractivity contribution in [3.8, 4) is 24.7 Å². The molecule has 8 N–H and O–H groups in total. The van der Waals surface area contributed by atoms with Crippen LogP contribution >= 0.6 is 36.2 Å². The molecule has 2 aromatic carbocycles. The molecule has 0 aliphatic heterocycles. The second-order valence-corrected chi connectivity index (χ2v) is 9.06. The quantitative estimate of drug-likeness (QED) is 0.199. The summed E-state index contributed by atoms with van der Waals surface area (Å²) in [6.07, 6.45) is 11.2. The van der Waals surface area contributed by atoms with Crippen molar-refractivity contribution in [3.63, 3.8) is 0 Å². The summed E-state index contributed by atoms with van der Waals surface area (Å²) in [5.74, 6) is 2.37. The lowest BCUT2D eigenvalue weighted by molar-refractivity contribution is -0.137. The molecular formula is C28H30Cl2N4O4S. The Bertz CT molecular complexity index is 1250. The summed E-state index contributed by atoms with van der Waals surface area (Å²) in [7, 11) is 0. The molecular weight excluding hydrogens is 559 g/mol. The highest BCUT2D eigenvalue weighted by Crippen LogP contribution is 2.35. The Kier molecular flexibility index (Phi) is 12.7. The number of halogens is 2. The number of nitrogens with two attached hydrogens (primary N) is 2.